The smallest absolute Gasteiger partial charge is 0.257 e. The lowest BCUT2D eigenvalue weighted by Crippen LogP contribution is -2.12. The third-order valence-corrected chi connectivity index (χ3v) is 6.21. The van der Waals surface area contributed by atoms with Gasteiger partial charge in [0.25, 0.3) is 5.91 Å². The minimum Gasteiger partial charge on any atom is -0.312 e. The third kappa shape index (κ3) is 3.10. The molecule has 0 saturated carbocycles. The summed E-state index contributed by atoms with van der Waals surface area (Å²) in [5.74, 6) is 0.375. The summed E-state index contributed by atoms with van der Waals surface area (Å²) < 4.78 is 1.83. The van der Waals surface area contributed by atoms with Crippen LogP contribution >= 0.6 is 11.3 Å². The Morgan fingerprint density at radius 2 is 2.26 bits per heavy atom. The van der Waals surface area contributed by atoms with Crippen molar-refractivity contribution < 1.29 is 4.79 Å². The first-order valence-electron chi connectivity index (χ1n) is 9.17. The lowest BCUT2D eigenvalue weighted by atomic mass is 9.88. The van der Waals surface area contributed by atoms with Gasteiger partial charge in [-0.15, -0.1) is 11.3 Å². The summed E-state index contributed by atoms with van der Waals surface area (Å²) in [4.78, 5) is 18.4. The first-order valence-corrected chi connectivity index (χ1v) is 9.98. The second-order valence-electron chi connectivity index (χ2n) is 7.44. The topological polar surface area (TPSA) is 83.6 Å². The fraction of sp³-hybridized carbons (Fsp3) is 0.400. The first kappa shape index (κ1) is 17.7. The number of carbonyl (C=O) groups excluding carboxylic acids is 1. The number of thiophene rings is 1. The number of nitrogens with one attached hydrogen (secondary N) is 1. The molecule has 3 aromatic rings. The normalized spacial score (nSPS) is 16.3. The van der Waals surface area contributed by atoms with E-state index in [-0.39, 0.29) is 11.9 Å². The van der Waals surface area contributed by atoms with E-state index in [2.05, 4.69) is 28.4 Å². The van der Waals surface area contributed by atoms with E-state index in [4.69, 9.17) is 0 Å². The number of hydrogen-bond acceptors (Lipinski definition) is 5. The second-order valence-corrected chi connectivity index (χ2v) is 8.55. The Balaban J connectivity index is 1.63. The number of amides is 1. The second kappa shape index (κ2) is 6.78. The largest absolute Gasteiger partial charge is 0.312 e. The zero-order valence-electron chi connectivity index (χ0n) is 15.6. The van der Waals surface area contributed by atoms with Gasteiger partial charge in [0.15, 0.2) is 5.65 Å². The molecule has 0 fully saturated rings. The molecular weight excluding hydrogens is 358 g/mol. The Morgan fingerprint density at radius 3 is 3.00 bits per heavy atom. The van der Waals surface area contributed by atoms with Crippen molar-refractivity contribution >= 4 is 33.3 Å². The van der Waals surface area contributed by atoms with Gasteiger partial charge in [-0.05, 0) is 50.7 Å². The molecule has 3 aromatic heterocycles. The van der Waals surface area contributed by atoms with E-state index < -0.39 is 0 Å². The van der Waals surface area contributed by atoms with Crippen LogP contribution in [-0.4, -0.2) is 20.7 Å². The third-order valence-electron chi connectivity index (χ3n) is 5.04. The van der Waals surface area contributed by atoms with Crippen LogP contribution in [0.1, 0.15) is 59.6 Å². The Bertz CT molecular complexity index is 1070. The van der Waals surface area contributed by atoms with Crippen LogP contribution < -0.4 is 5.32 Å². The minimum absolute atomic E-state index is 0.202. The van der Waals surface area contributed by atoms with Gasteiger partial charge >= 0.3 is 0 Å². The lowest BCUT2D eigenvalue weighted by Gasteiger charge is -2.17. The number of hydrogen-bond donors (Lipinski definition) is 1. The number of fused-ring (bicyclic) bond motifs is 2. The molecule has 0 aromatic carbocycles. The standard InChI is InChI=1S/C20H21N5OS/c1-11(2)25-18-13(10-23-25)7-14(9-22-18)19(26)24-20-16(8-21)15-5-4-12(3)6-17(15)27-20/h7,9-12H,4-6H2,1-3H3,(H,24,26)/t12-/m1/s1. The Kier molecular flexibility index (Phi) is 4.44. The van der Waals surface area contributed by atoms with Gasteiger partial charge in [-0.1, -0.05) is 6.92 Å². The average Bonchev–Trinajstić information content (AvgIpc) is 3.21. The van der Waals surface area contributed by atoms with Crippen LogP contribution in [0.25, 0.3) is 11.0 Å². The zero-order chi connectivity index (χ0) is 19.1. The molecule has 4 rings (SSSR count). The zero-order valence-corrected chi connectivity index (χ0v) is 16.4. The molecule has 0 spiro atoms. The van der Waals surface area contributed by atoms with Crippen LogP contribution in [0.15, 0.2) is 18.5 Å². The van der Waals surface area contributed by atoms with Crippen molar-refractivity contribution in [1.82, 2.24) is 14.8 Å². The van der Waals surface area contributed by atoms with Gasteiger partial charge in [-0.3, -0.25) is 4.79 Å². The molecule has 1 amide bonds. The van der Waals surface area contributed by atoms with Crippen LogP contribution in [0.3, 0.4) is 0 Å². The highest BCUT2D eigenvalue weighted by molar-refractivity contribution is 7.16. The SMILES string of the molecule is CC(C)n1ncc2cc(C(=O)Nc3sc4c(c3C#N)CC[C@@H](C)C4)cnc21. The number of carbonyl (C=O) groups is 1. The van der Waals surface area contributed by atoms with Crippen LogP contribution in [0, 0.1) is 17.2 Å². The molecule has 0 aliphatic heterocycles. The molecule has 1 atom stereocenters. The fourth-order valence-electron chi connectivity index (χ4n) is 3.57. The maximum Gasteiger partial charge on any atom is 0.257 e. The highest BCUT2D eigenvalue weighted by Gasteiger charge is 2.25. The average molecular weight is 379 g/mol. The molecular formula is C20H21N5OS. The van der Waals surface area contributed by atoms with Crippen molar-refractivity contribution in [1.29, 1.82) is 5.26 Å². The van der Waals surface area contributed by atoms with Crippen LogP contribution in [0.4, 0.5) is 5.00 Å². The van der Waals surface area contributed by atoms with Gasteiger partial charge in [0.1, 0.15) is 11.1 Å². The van der Waals surface area contributed by atoms with Crippen molar-refractivity contribution in [3.8, 4) is 6.07 Å². The summed E-state index contributed by atoms with van der Waals surface area (Å²) in [5, 5.41) is 18.3. The van der Waals surface area contributed by atoms with Crippen molar-refractivity contribution in [3.05, 3.63) is 40.0 Å². The van der Waals surface area contributed by atoms with Gasteiger partial charge in [0.05, 0.1) is 17.3 Å². The number of nitrogens with zero attached hydrogens (tertiary/aromatic N) is 4. The fourth-order valence-corrected chi connectivity index (χ4v) is 4.93. The van der Waals surface area contributed by atoms with E-state index >= 15 is 0 Å². The van der Waals surface area contributed by atoms with Crippen molar-refractivity contribution in [2.45, 2.75) is 46.1 Å². The molecule has 3 heterocycles. The number of pyridine rings is 1. The number of aromatic nitrogens is 3. The number of rotatable bonds is 3. The van der Waals surface area contributed by atoms with Crippen LogP contribution in [0.2, 0.25) is 0 Å². The predicted molar refractivity (Wildman–Crippen MR) is 106 cm³/mol. The van der Waals surface area contributed by atoms with Gasteiger partial charge < -0.3 is 5.32 Å². The van der Waals surface area contributed by atoms with Gasteiger partial charge in [-0.2, -0.15) is 10.4 Å². The van der Waals surface area contributed by atoms with E-state index in [9.17, 15) is 10.1 Å². The quantitative estimate of drug-likeness (QED) is 0.734. The molecule has 0 unspecified atom stereocenters. The monoisotopic (exact) mass is 379 g/mol. The summed E-state index contributed by atoms with van der Waals surface area (Å²) in [6.45, 7) is 6.31. The first-order chi connectivity index (χ1) is 13.0. The van der Waals surface area contributed by atoms with E-state index in [0.717, 1.165) is 35.9 Å². The van der Waals surface area contributed by atoms with E-state index in [0.29, 0.717) is 22.0 Å². The molecule has 138 valence electrons. The van der Waals surface area contributed by atoms with Crippen LogP contribution in [0.5, 0.6) is 0 Å². The number of anilines is 1. The number of nitriles is 1. The molecule has 6 nitrogen and oxygen atoms in total. The van der Waals surface area contributed by atoms with E-state index in [1.165, 1.54) is 16.2 Å². The molecule has 0 radical (unpaired) electrons. The maximum absolute atomic E-state index is 12.8. The molecule has 1 aliphatic carbocycles. The molecule has 7 heteroatoms. The lowest BCUT2D eigenvalue weighted by molar-refractivity contribution is 0.102. The Labute approximate surface area is 161 Å². The maximum atomic E-state index is 12.8. The minimum atomic E-state index is -0.246. The highest BCUT2D eigenvalue weighted by atomic mass is 32.1. The highest BCUT2D eigenvalue weighted by Crippen LogP contribution is 2.39. The summed E-state index contributed by atoms with van der Waals surface area (Å²) >= 11 is 1.53. The molecule has 1 N–H and O–H groups in total. The molecule has 0 saturated heterocycles. The van der Waals surface area contributed by atoms with Crippen LogP contribution in [-0.2, 0) is 12.8 Å². The van der Waals surface area contributed by atoms with E-state index in [1.807, 2.05) is 18.5 Å². The van der Waals surface area contributed by atoms with Gasteiger partial charge in [-0.25, -0.2) is 9.67 Å². The van der Waals surface area contributed by atoms with Crippen molar-refractivity contribution in [3.63, 3.8) is 0 Å². The summed E-state index contributed by atoms with van der Waals surface area (Å²) in [7, 11) is 0. The summed E-state index contributed by atoms with van der Waals surface area (Å²) in [6.07, 6.45) is 6.28. The molecule has 0 bridgehead atoms. The van der Waals surface area contributed by atoms with Crippen molar-refractivity contribution in [2.75, 3.05) is 5.32 Å². The Hall–Kier alpha value is -2.72. The summed E-state index contributed by atoms with van der Waals surface area (Å²) in [5.41, 5.74) is 2.97. The molecule has 27 heavy (non-hydrogen) atoms. The molecule has 1 aliphatic rings. The predicted octanol–water partition coefficient (Wildman–Crippen LogP) is 4.32. The summed E-state index contributed by atoms with van der Waals surface area (Å²) in [6, 6.07) is 4.29. The Morgan fingerprint density at radius 1 is 1.44 bits per heavy atom. The van der Waals surface area contributed by atoms with Crippen molar-refractivity contribution in [2.24, 2.45) is 5.92 Å². The van der Waals surface area contributed by atoms with Gasteiger partial charge in [0.2, 0.25) is 0 Å². The van der Waals surface area contributed by atoms with Gasteiger partial charge in [0, 0.05) is 22.5 Å². The van der Waals surface area contributed by atoms with E-state index in [1.54, 1.807) is 18.5 Å².